The summed E-state index contributed by atoms with van der Waals surface area (Å²) in [5.74, 6) is 0. The van der Waals surface area contributed by atoms with Gasteiger partial charge in [-0.2, -0.15) is 0 Å². The summed E-state index contributed by atoms with van der Waals surface area (Å²) >= 11 is 1.48. The minimum absolute atomic E-state index is 0.176. The Balaban J connectivity index is 1.90. The highest BCUT2D eigenvalue weighted by molar-refractivity contribution is 7.88. The quantitative estimate of drug-likeness (QED) is 0.749. The van der Waals surface area contributed by atoms with E-state index in [4.69, 9.17) is 0 Å². The number of hydrogen-bond acceptors (Lipinski definition) is 5. The molecule has 2 rings (SSSR count). The fourth-order valence-electron chi connectivity index (χ4n) is 2.64. The topological polar surface area (TPSA) is 100 Å². The van der Waals surface area contributed by atoms with Gasteiger partial charge >= 0.3 is 6.03 Å². The predicted molar refractivity (Wildman–Crippen MR) is 86.2 cm³/mol. The molecule has 1 saturated carbocycles. The third-order valence-corrected chi connectivity index (χ3v) is 5.31. The molecule has 1 aromatic heterocycles. The number of thiazole rings is 1. The van der Waals surface area contributed by atoms with Crippen LogP contribution in [0.1, 0.15) is 43.7 Å². The lowest BCUT2D eigenvalue weighted by molar-refractivity contribution is 0.224. The molecule has 3 N–H and O–H groups in total. The van der Waals surface area contributed by atoms with Crippen molar-refractivity contribution in [3.8, 4) is 0 Å². The molecule has 9 heteroatoms. The van der Waals surface area contributed by atoms with Gasteiger partial charge in [0.2, 0.25) is 10.0 Å². The second-order valence-corrected chi connectivity index (χ2v) is 8.30. The van der Waals surface area contributed by atoms with Crippen LogP contribution in [0.5, 0.6) is 0 Å². The van der Waals surface area contributed by atoms with Gasteiger partial charge in [-0.25, -0.2) is 22.9 Å². The second-order valence-electron chi connectivity index (χ2n) is 5.60. The van der Waals surface area contributed by atoms with Gasteiger partial charge in [0.1, 0.15) is 5.01 Å². The van der Waals surface area contributed by atoms with Crippen LogP contribution in [0.25, 0.3) is 0 Å². The van der Waals surface area contributed by atoms with E-state index in [9.17, 15) is 13.2 Å². The number of sulfonamides is 1. The number of rotatable bonds is 5. The molecule has 124 valence electrons. The van der Waals surface area contributed by atoms with E-state index >= 15 is 0 Å². The maximum Gasteiger partial charge on any atom is 0.315 e. The van der Waals surface area contributed by atoms with Crippen LogP contribution in [0, 0.1) is 0 Å². The highest BCUT2D eigenvalue weighted by Gasteiger charge is 2.29. The zero-order chi connectivity index (χ0) is 16.2. The summed E-state index contributed by atoms with van der Waals surface area (Å²) in [5.41, 5.74) is 0. The van der Waals surface area contributed by atoms with E-state index in [2.05, 4.69) is 20.3 Å². The largest absolute Gasteiger partial charge is 0.334 e. The standard InChI is InChI=1S/C13H22N4O3S2/c1-9(12-14-7-8-21-12)15-13(18)16-10-5-3-4-6-11(10)17-22(2,19)20/h7-11,17H,3-6H2,1-2H3,(H2,15,16,18)/t9-,10+,11+/m0/s1. The van der Waals surface area contributed by atoms with E-state index < -0.39 is 10.0 Å². The normalized spacial score (nSPS) is 23.7. The van der Waals surface area contributed by atoms with Gasteiger partial charge in [-0.15, -0.1) is 11.3 Å². The number of nitrogens with one attached hydrogen (secondary N) is 3. The average molecular weight is 346 g/mol. The molecular formula is C13H22N4O3S2. The van der Waals surface area contributed by atoms with Crippen LogP contribution in [0.15, 0.2) is 11.6 Å². The Kier molecular flexibility index (Phi) is 5.76. The van der Waals surface area contributed by atoms with Gasteiger partial charge < -0.3 is 10.6 Å². The Labute approximate surface area is 135 Å². The molecule has 0 bridgehead atoms. The molecule has 1 fully saturated rings. The Morgan fingerprint density at radius 2 is 2.05 bits per heavy atom. The van der Waals surface area contributed by atoms with Gasteiger partial charge in [-0.3, -0.25) is 0 Å². The molecule has 3 atom stereocenters. The number of carbonyl (C=O) groups is 1. The molecule has 2 amide bonds. The van der Waals surface area contributed by atoms with E-state index in [0.717, 1.165) is 36.9 Å². The molecule has 1 aliphatic rings. The number of nitrogens with zero attached hydrogens (tertiary/aromatic N) is 1. The average Bonchev–Trinajstić information content (AvgIpc) is 2.93. The first kappa shape index (κ1) is 17.2. The van der Waals surface area contributed by atoms with Crippen molar-refractivity contribution < 1.29 is 13.2 Å². The summed E-state index contributed by atoms with van der Waals surface area (Å²) < 4.78 is 25.4. The zero-order valence-corrected chi connectivity index (χ0v) is 14.3. The van der Waals surface area contributed by atoms with E-state index in [1.807, 2.05) is 12.3 Å². The predicted octanol–water partition coefficient (Wildman–Crippen LogP) is 1.36. The lowest BCUT2D eigenvalue weighted by Gasteiger charge is -2.32. The third kappa shape index (κ3) is 5.22. The summed E-state index contributed by atoms with van der Waals surface area (Å²) in [6.07, 6.45) is 6.29. The summed E-state index contributed by atoms with van der Waals surface area (Å²) in [6.45, 7) is 1.87. The molecule has 0 aliphatic heterocycles. The minimum atomic E-state index is -3.28. The van der Waals surface area contributed by atoms with Crippen LogP contribution < -0.4 is 15.4 Å². The van der Waals surface area contributed by atoms with E-state index in [1.54, 1.807) is 6.20 Å². The molecule has 22 heavy (non-hydrogen) atoms. The van der Waals surface area contributed by atoms with Crippen LogP contribution >= 0.6 is 11.3 Å². The highest BCUT2D eigenvalue weighted by atomic mass is 32.2. The van der Waals surface area contributed by atoms with Crippen LogP contribution in [0.4, 0.5) is 4.79 Å². The molecule has 1 aliphatic carbocycles. The molecule has 0 aromatic carbocycles. The highest BCUT2D eigenvalue weighted by Crippen LogP contribution is 2.20. The number of hydrogen-bond donors (Lipinski definition) is 3. The maximum absolute atomic E-state index is 12.1. The van der Waals surface area contributed by atoms with Crippen molar-refractivity contribution in [2.45, 2.75) is 50.7 Å². The van der Waals surface area contributed by atoms with Crippen molar-refractivity contribution in [2.75, 3.05) is 6.26 Å². The molecular weight excluding hydrogens is 324 g/mol. The summed E-state index contributed by atoms with van der Waals surface area (Å²) in [4.78, 5) is 16.3. The molecule has 0 spiro atoms. The van der Waals surface area contributed by atoms with Crippen molar-refractivity contribution in [1.29, 1.82) is 0 Å². The molecule has 7 nitrogen and oxygen atoms in total. The summed E-state index contributed by atoms with van der Waals surface area (Å²) in [7, 11) is -3.28. The van der Waals surface area contributed by atoms with Crippen molar-refractivity contribution in [1.82, 2.24) is 20.3 Å². The fraction of sp³-hybridized carbons (Fsp3) is 0.692. The first-order valence-electron chi connectivity index (χ1n) is 7.29. The monoisotopic (exact) mass is 346 g/mol. The van der Waals surface area contributed by atoms with Gasteiger partial charge in [0.25, 0.3) is 0 Å². The smallest absolute Gasteiger partial charge is 0.315 e. The zero-order valence-electron chi connectivity index (χ0n) is 12.7. The SMILES string of the molecule is C[C@H](NC(=O)N[C@@H]1CCCC[C@H]1NS(C)(=O)=O)c1nccs1. The Morgan fingerprint density at radius 1 is 1.36 bits per heavy atom. The van der Waals surface area contributed by atoms with Crippen LogP contribution in [-0.4, -0.2) is 37.8 Å². The molecule has 0 unspecified atom stereocenters. The minimum Gasteiger partial charge on any atom is -0.334 e. The van der Waals surface area contributed by atoms with E-state index in [-0.39, 0.29) is 24.2 Å². The van der Waals surface area contributed by atoms with Gasteiger partial charge in [-0.1, -0.05) is 12.8 Å². The fourth-order valence-corrected chi connectivity index (χ4v) is 4.11. The maximum atomic E-state index is 12.1. The van der Waals surface area contributed by atoms with Crippen molar-refractivity contribution in [3.05, 3.63) is 16.6 Å². The molecule has 0 saturated heterocycles. The van der Waals surface area contributed by atoms with Gasteiger partial charge in [0.15, 0.2) is 0 Å². The van der Waals surface area contributed by atoms with Crippen molar-refractivity contribution >= 4 is 27.4 Å². The summed E-state index contributed by atoms with van der Waals surface area (Å²) in [5, 5.41) is 8.42. The van der Waals surface area contributed by atoms with Crippen LogP contribution in [-0.2, 0) is 10.0 Å². The Hall–Kier alpha value is -1.19. The Bertz CT molecular complexity index is 588. The van der Waals surface area contributed by atoms with E-state index in [0.29, 0.717) is 0 Å². The van der Waals surface area contributed by atoms with Crippen molar-refractivity contribution in [3.63, 3.8) is 0 Å². The van der Waals surface area contributed by atoms with Gasteiger partial charge in [-0.05, 0) is 19.8 Å². The van der Waals surface area contributed by atoms with E-state index in [1.165, 1.54) is 11.3 Å². The summed E-state index contributed by atoms with van der Waals surface area (Å²) in [6, 6.07) is -0.906. The Morgan fingerprint density at radius 3 is 2.64 bits per heavy atom. The van der Waals surface area contributed by atoms with Crippen LogP contribution in [0.3, 0.4) is 0 Å². The lowest BCUT2D eigenvalue weighted by atomic mass is 9.91. The number of carbonyl (C=O) groups excluding carboxylic acids is 1. The van der Waals surface area contributed by atoms with Gasteiger partial charge in [0.05, 0.1) is 12.3 Å². The van der Waals surface area contributed by atoms with Crippen molar-refractivity contribution in [2.24, 2.45) is 0 Å². The third-order valence-electron chi connectivity index (χ3n) is 3.62. The molecule has 1 aromatic rings. The lowest BCUT2D eigenvalue weighted by Crippen LogP contribution is -2.55. The first-order valence-corrected chi connectivity index (χ1v) is 10.1. The number of urea groups is 1. The number of aromatic nitrogens is 1. The van der Waals surface area contributed by atoms with Crippen LogP contribution in [0.2, 0.25) is 0 Å². The molecule has 0 radical (unpaired) electrons. The first-order chi connectivity index (χ1) is 10.3. The molecule has 1 heterocycles. The second kappa shape index (κ2) is 7.38. The van der Waals surface area contributed by atoms with Gasteiger partial charge in [0, 0.05) is 23.7 Å². The number of amides is 2.